The van der Waals surface area contributed by atoms with Crippen LogP contribution in [0.15, 0.2) is 36.5 Å². The lowest BCUT2D eigenvalue weighted by molar-refractivity contribution is 1.02. The molecule has 0 aliphatic rings. The second kappa shape index (κ2) is 3.70. The van der Waals surface area contributed by atoms with E-state index in [9.17, 15) is 0 Å². The Balaban J connectivity index is 2.38. The van der Waals surface area contributed by atoms with E-state index in [4.69, 9.17) is 0 Å². The molecule has 0 saturated carbocycles. The molecule has 1 aromatic carbocycles. The van der Waals surface area contributed by atoms with E-state index in [-0.39, 0.29) is 0 Å². The SMILES string of the molecule is Cc1n[nH]c(C)c1-c1cccc2ncccc12. The van der Waals surface area contributed by atoms with Gasteiger partial charge in [0, 0.05) is 22.8 Å². The summed E-state index contributed by atoms with van der Waals surface area (Å²) in [5.74, 6) is 0. The van der Waals surface area contributed by atoms with Crippen molar-refractivity contribution in [2.45, 2.75) is 13.8 Å². The van der Waals surface area contributed by atoms with Crippen molar-refractivity contribution in [3.05, 3.63) is 47.9 Å². The summed E-state index contributed by atoms with van der Waals surface area (Å²) in [4.78, 5) is 4.38. The van der Waals surface area contributed by atoms with Crippen molar-refractivity contribution in [3.8, 4) is 11.1 Å². The third-order valence-electron chi connectivity index (χ3n) is 3.04. The van der Waals surface area contributed by atoms with Crippen LogP contribution in [-0.2, 0) is 0 Å². The minimum atomic E-state index is 1.02. The molecule has 0 radical (unpaired) electrons. The summed E-state index contributed by atoms with van der Waals surface area (Å²) in [5.41, 5.74) is 5.52. The van der Waals surface area contributed by atoms with Crippen molar-refractivity contribution < 1.29 is 0 Å². The molecule has 0 aliphatic carbocycles. The molecule has 0 unspecified atom stereocenters. The van der Waals surface area contributed by atoms with Crippen LogP contribution in [0.3, 0.4) is 0 Å². The Bertz CT molecular complexity index is 658. The fourth-order valence-corrected chi connectivity index (χ4v) is 2.27. The number of hydrogen-bond acceptors (Lipinski definition) is 2. The second-order valence-electron chi connectivity index (χ2n) is 4.18. The lowest BCUT2D eigenvalue weighted by Gasteiger charge is -2.06. The molecule has 3 aromatic rings. The summed E-state index contributed by atoms with van der Waals surface area (Å²) in [7, 11) is 0. The predicted molar refractivity (Wildman–Crippen MR) is 68.8 cm³/mol. The standard InChI is InChI=1S/C14H13N3/c1-9-14(10(2)17-16-9)12-5-3-7-13-11(12)6-4-8-15-13/h3-8H,1-2H3,(H,16,17). The van der Waals surface area contributed by atoms with Gasteiger partial charge < -0.3 is 0 Å². The molecule has 84 valence electrons. The van der Waals surface area contributed by atoms with Crippen LogP contribution in [0.25, 0.3) is 22.0 Å². The average Bonchev–Trinajstić information content (AvgIpc) is 2.69. The molecule has 1 N–H and O–H groups in total. The number of benzene rings is 1. The minimum Gasteiger partial charge on any atom is -0.282 e. The molecule has 0 saturated heterocycles. The largest absolute Gasteiger partial charge is 0.282 e. The van der Waals surface area contributed by atoms with Crippen LogP contribution in [0.1, 0.15) is 11.4 Å². The van der Waals surface area contributed by atoms with Gasteiger partial charge in [0.05, 0.1) is 11.2 Å². The fraction of sp³-hybridized carbons (Fsp3) is 0.143. The molecule has 3 heteroatoms. The van der Waals surface area contributed by atoms with Gasteiger partial charge in [-0.05, 0) is 31.5 Å². The molecule has 2 aromatic heterocycles. The smallest absolute Gasteiger partial charge is 0.0708 e. The maximum atomic E-state index is 4.38. The Morgan fingerprint density at radius 3 is 2.71 bits per heavy atom. The van der Waals surface area contributed by atoms with E-state index >= 15 is 0 Å². The summed E-state index contributed by atoms with van der Waals surface area (Å²) < 4.78 is 0. The second-order valence-corrected chi connectivity index (χ2v) is 4.18. The van der Waals surface area contributed by atoms with E-state index in [0.29, 0.717) is 0 Å². The molecule has 0 spiro atoms. The number of rotatable bonds is 1. The predicted octanol–water partition coefficient (Wildman–Crippen LogP) is 3.24. The monoisotopic (exact) mass is 223 g/mol. The number of fused-ring (bicyclic) bond motifs is 1. The zero-order chi connectivity index (χ0) is 11.8. The highest BCUT2D eigenvalue weighted by Crippen LogP contribution is 2.31. The molecule has 2 heterocycles. The van der Waals surface area contributed by atoms with E-state index in [1.165, 1.54) is 16.5 Å². The van der Waals surface area contributed by atoms with Crippen molar-refractivity contribution in [2.75, 3.05) is 0 Å². The van der Waals surface area contributed by atoms with Gasteiger partial charge >= 0.3 is 0 Å². The third kappa shape index (κ3) is 1.51. The van der Waals surface area contributed by atoms with E-state index < -0.39 is 0 Å². The Labute approximate surface area is 99.5 Å². The molecule has 0 bridgehead atoms. The van der Waals surface area contributed by atoms with E-state index in [2.05, 4.69) is 27.3 Å². The van der Waals surface area contributed by atoms with Gasteiger partial charge in [-0.15, -0.1) is 0 Å². The number of aromatic amines is 1. The molecular weight excluding hydrogens is 210 g/mol. The van der Waals surface area contributed by atoms with Crippen LogP contribution in [0.5, 0.6) is 0 Å². The zero-order valence-electron chi connectivity index (χ0n) is 9.86. The Morgan fingerprint density at radius 1 is 1.06 bits per heavy atom. The van der Waals surface area contributed by atoms with Gasteiger partial charge in [-0.3, -0.25) is 10.1 Å². The molecule has 0 aliphatic heterocycles. The van der Waals surface area contributed by atoms with E-state index in [1.54, 1.807) is 0 Å². The van der Waals surface area contributed by atoms with Crippen molar-refractivity contribution in [2.24, 2.45) is 0 Å². The lowest BCUT2D eigenvalue weighted by Crippen LogP contribution is -1.86. The first-order chi connectivity index (χ1) is 8.27. The number of aromatic nitrogens is 3. The number of H-pyrrole nitrogens is 1. The van der Waals surface area contributed by atoms with Gasteiger partial charge in [-0.25, -0.2) is 0 Å². The van der Waals surface area contributed by atoms with Gasteiger partial charge in [0.15, 0.2) is 0 Å². The zero-order valence-corrected chi connectivity index (χ0v) is 9.86. The Hall–Kier alpha value is -2.16. The summed E-state index contributed by atoms with van der Waals surface area (Å²) >= 11 is 0. The van der Waals surface area contributed by atoms with Gasteiger partial charge in [-0.1, -0.05) is 18.2 Å². The summed E-state index contributed by atoms with van der Waals surface area (Å²) in [6.07, 6.45) is 1.82. The molecule has 17 heavy (non-hydrogen) atoms. The van der Waals surface area contributed by atoms with Crippen molar-refractivity contribution in [3.63, 3.8) is 0 Å². The van der Waals surface area contributed by atoms with Gasteiger partial charge in [0.2, 0.25) is 0 Å². The number of aryl methyl sites for hydroxylation is 2. The Kier molecular flexibility index (Phi) is 2.18. The van der Waals surface area contributed by atoms with Crippen LogP contribution in [0, 0.1) is 13.8 Å². The lowest BCUT2D eigenvalue weighted by atomic mass is 9.99. The van der Waals surface area contributed by atoms with Crippen LogP contribution in [0.4, 0.5) is 0 Å². The maximum Gasteiger partial charge on any atom is 0.0708 e. The molecule has 3 nitrogen and oxygen atoms in total. The van der Waals surface area contributed by atoms with Crippen molar-refractivity contribution in [1.82, 2.24) is 15.2 Å². The minimum absolute atomic E-state index is 1.02. The van der Waals surface area contributed by atoms with Crippen LogP contribution >= 0.6 is 0 Å². The van der Waals surface area contributed by atoms with Gasteiger partial charge in [0.25, 0.3) is 0 Å². The number of nitrogens with one attached hydrogen (secondary N) is 1. The number of nitrogens with zero attached hydrogens (tertiary/aromatic N) is 2. The normalized spacial score (nSPS) is 10.9. The Morgan fingerprint density at radius 2 is 1.94 bits per heavy atom. The average molecular weight is 223 g/mol. The third-order valence-corrected chi connectivity index (χ3v) is 3.04. The summed E-state index contributed by atoms with van der Waals surface area (Å²) in [6.45, 7) is 4.07. The highest BCUT2D eigenvalue weighted by molar-refractivity contribution is 5.95. The van der Waals surface area contributed by atoms with Crippen molar-refractivity contribution in [1.29, 1.82) is 0 Å². The molecule has 0 atom stereocenters. The molecule has 0 amide bonds. The van der Waals surface area contributed by atoms with Gasteiger partial charge in [-0.2, -0.15) is 5.10 Å². The van der Waals surface area contributed by atoms with E-state index in [0.717, 1.165) is 16.9 Å². The highest BCUT2D eigenvalue weighted by atomic mass is 15.1. The molecular formula is C14H13N3. The molecule has 3 rings (SSSR count). The number of pyridine rings is 1. The van der Waals surface area contributed by atoms with Crippen LogP contribution in [0.2, 0.25) is 0 Å². The van der Waals surface area contributed by atoms with E-state index in [1.807, 2.05) is 38.2 Å². The van der Waals surface area contributed by atoms with Crippen molar-refractivity contribution >= 4 is 10.9 Å². The number of hydrogen-bond donors (Lipinski definition) is 1. The fourth-order valence-electron chi connectivity index (χ4n) is 2.27. The first-order valence-corrected chi connectivity index (χ1v) is 5.63. The first kappa shape index (κ1) is 10.0. The maximum absolute atomic E-state index is 4.38. The summed E-state index contributed by atoms with van der Waals surface area (Å²) in [5, 5.41) is 8.45. The van der Waals surface area contributed by atoms with Crippen LogP contribution in [-0.4, -0.2) is 15.2 Å². The van der Waals surface area contributed by atoms with Crippen LogP contribution < -0.4 is 0 Å². The quantitative estimate of drug-likeness (QED) is 0.688. The molecule has 0 fully saturated rings. The van der Waals surface area contributed by atoms with Gasteiger partial charge in [0.1, 0.15) is 0 Å². The first-order valence-electron chi connectivity index (χ1n) is 5.63. The topological polar surface area (TPSA) is 41.6 Å². The highest BCUT2D eigenvalue weighted by Gasteiger charge is 2.11. The summed E-state index contributed by atoms with van der Waals surface area (Å²) in [6, 6.07) is 10.3.